The Balaban J connectivity index is 1.48. The van der Waals surface area contributed by atoms with Crippen LogP contribution in [0.15, 0.2) is 60.7 Å². The van der Waals surface area contributed by atoms with E-state index in [1.54, 1.807) is 0 Å². The number of hydrogen-bond donors (Lipinski definition) is 1. The molecule has 0 amide bonds. The van der Waals surface area contributed by atoms with Gasteiger partial charge in [-0.25, -0.2) is 8.78 Å². The first kappa shape index (κ1) is 24.5. The van der Waals surface area contributed by atoms with Crippen LogP contribution in [0, 0.1) is 11.3 Å². The van der Waals surface area contributed by atoms with Crippen LogP contribution in [0.5, 0.6) is 0 Å². The van der Waals surface area contributed by atoms with Gasteiger partial charge in [0, 0.05) is 19.6 Å². The van der Waals surface area contributed by atoms with Gasteiger partial charge in [-0.3, -0.25) is 0 Å². The number of nitrogens with zero attached hydrogens (tertiary/aromatic N) is 1. The van der Waals surface area contributed by atoms with Crippen LogP contribution in [-0.2, 0) is 4.43 Å². The summed E-state index contributed by atoms with van der Waals surface area (Å²) >= 11 is 0. The third kappa shape index (κ3) is 4.68. The summed E-state index contributed by atoms with van der Waals surface area (Å²) in [6.07, 6.45) is 1.68. The number of alkyl halides is 2. The molecule has 1 saturated carbocycles. The van der Waals surface area contributed by atoms with Gasteiger partial charge in [-0.2, -0.15) is 0 Å². The monoisotopic (exact) mass is 473 g/mol. The second-order valence-corrected chi connectivity index (χ2v) is 15.3. The van der Waals surface area contributed by atoms with Crippen LogP contribution in [0.3, 0.4) is 0 Å². The molecule has 0 bridgehead atoms. The molecule has 2 aliphatic rings. The minimum Gasteiger partial charge on any atom is -0.407 e. The Labute approximate surface area is 197 Å². The van der Waals surface area contributed by atoms with Crippen molar-refractivity contribution in [3.8, 4) is 0 Å². The Hall–Kier alpha value is -1.60. The van der Waals surface area contributed by atoms with Gasteiger partial charge in [0.1, 0.15) is 0 Å². The molecule has 0 radical (unpaired) electrons. The molecule has 1 aliphatic heterocycles. The zero-order valence-electron chi connectivity index (χ0n) is 20.1. The van der Waals surface area contributed by atoms with Crippen LogP contribution in [-0.4, -0.2) is 57.1 Å². The summed E-state index contributed by atoms with van der Waals surface area (Å²) in [6.45, 7) is 8.96. The lowest BCUT2D eigenvalue weighted by molar-refractivity contribution is 0.0108. The zero-order chi connectivity index (χ0) is 23.7. The van der Waals surface area contributed by atoms with Crippen LogP contribution in [0.4, 0.5) is 8.78 Å². The van der Waals surface area contributed by atoms with Crippen molar-refractivity contribution >= 4 is 18.7 Å². The molecule has 1 heterocycles. The van der Waals surface area contributed by atoms with Crippen molar-refractivity contribution in [3.63, 3.8) is 0 Å². The van der Waals surface area contributed by atoms with Gasteiger partial charge >= 0.3 is 0 Å². The lowest BCUT2D eigenvalue weighted by Gasteiger charge is -2.44. The van der Waals surface area contributed by atoms with Crippen LogP contribution in [0.1, 0.15) is 40.0 Å². The number of aliphatic hydroxyl groups excluding tert-OH is 1. The molecular formula is C27H37F2NO2Si. The summed E-state index contributed by atoms with van der Waals surface area (Å²) in [5.74, 6) is -2.31. The highest BCUT2D eigenvalue weighted by Gasteiger charge is 2.71. The predicted molar refractivity (Wildman–Crippen MR) is 132 cm³/mol. The van der Waals surface area contributed by atoms with E-state index in [0.717, 1.165) is 25.9 Å². The van der Waals surface area contributed by atoms with E-state index >= 15 is 0 Å². The van der Waals surface area contributed by atoms with Crippen molar-refractivity contribution in [2.75, 3.05) is 32.8 Å². The molecule has 1 aliphatic carbocycles. The van der Waals surface area contributed by atoms with Crippen LogP contribution >= 0.6 is 0 Å². The Morgan fingerprint density at radius 3 is 1.85 bits per heavy atom. The average molecular weight is 474 g/mol. The topological polar surface area (TPSA) is 32.7 Å². The van der Waals surface area contributed by atoms with E-state index in [4.69, 9.17) is 4.43 Å². The summed E-state index contributed by atoms with van der Waals surface area (Å²) in [7, 11) is -2.55. The fraction of sp³-hybridized carbons (Fsp3) is 0.556. The maximum absolute atomic E-state index is 13.8. The zero-order valence-corrected chi connectivity index (χ0v) is 21.1. The predicted octanol–water partition coefficient (Wildman–Crippen LogP) is 4.29. The number of halogens is 2. The maximum atomic E-state index is 13.8. The summed E-state index contributed by atoms with van der Waals surface area (Å²) < 4.78 is 34.6. The number of hydrogen-bond acceptors (Lipinski definition) is 3. The number of piperidine rings is 1. The van der Waals surface area contributed by atoms with E-state index in [0.29, 0.717) is 19.1 Å². The largest absolute Gasteiger partial charge is 0.407 e. The third-order valence-electron chi connectivity index (χ3n) is 7.70. The molecule has 6 heteroatoms. The SMILES string of the molecule is CC(C)(C)[Si](OCC1CCN(C[C@@]2(CO)CC2(F)F)CC1)(c1ccccc1)c1ccccc1. The highest BCUT2D eigenvalue weighted by atomic mass is 28.4. The maximum Gasteiger partial charge on any atom is 0.261 e. The molecule has 2 fully saturated rings. The smallest absolute Gasteiger partial charge is 0.261 e. The average Bonchev–Trinajstić information content (AvgIpc) is 3.36. The number of rotatable bonds is 8. The second kappa shape index (κ2) is 9.21. The van der Waals surface area contributed by atoms with E-state index < -0.39 is 26.3 Å². The van der Waals surface area contributed by atoms with Crippen molar-refractivity contribution in [2.24, 2.45) is 11.3 Å². The van der Waals surface area contributed by atoms with Crippen molar-refractivity contribution < 1.29 is 18.3 Å². The van der Waals surface area contributed by atoms with E-state index in [9.17, 15) is 13.9 Å². The summed E-state index contributed by atoms with van der Waals surface area (Å²) in [5, 5.41) is 12.0. The fourth-order valence-corrected chi connectivity index (χ4v) is 10.2. The third-order valence-corrected chi connectivity index (χ3v) is 12.7. The van der Waals surface area contributed by atoms with Crippen molar-refractivity contribution in [3.05, 3.63) is 60.7 Å². The van der Waals surface area contributed by atoms with Crippen LogP contribution in [0.2, 0.25) is 5.04 Å². The van der Waals surface area contributed by atoms with E-state index in [1.807, 2.05) is 0 Å². The normalized spacial score (nSPS) is 24.1. The minimum absolute atomic E-state index is 0.0541. The molecule has 1 saturated heterocycles. The van der Waals surface area contributed by atoms with Gasteiger partial charge in [-0.1, -0.05) is 81.4 Å². The highest BCUT2D eigenvalue weighted by molar-refractivity contribution is 6.99. The van der Waals surface area contributed by atoms with E-state index in [-0.39, 0.29) is 11.5 Å². The fourth-order valence-electron chi connectivity index (χ4n) is 5.52. The first-order valence-corrected chi connectivity index (χ1v) is 14.0. The molecule has 0 unspecified atom stereocenters. The molecule has 1 N–H and O–H groups in total. The minimum atomic E-state index is -2.72. The molecule has 3 nitrogen and oxygen atoms in total. The molecule has 4 rings (SSSR count). The molecule has 1 atom stereocenters. The van der Waals surface area contributed by atoms with Gasteiger partial charge in [0.25, 0.3) is 14.2 Å². The standard InChI is InChI=1S/C27H37F2NO2Si/c1-25(2,3)33(23-10-6-4-7-11-23,24-12-8-5-9-13-24)32-18-22-14-16-30(17-15-22)20-26(21-31)19-27(26,28)29/h4-13,22,31H,14-21H2,1-3H3/t26-/m1/s1. The number of likely N-dealkylation sites (tertiary alicyclic amines) is 1. The van der Waals surface area contributed by atoms with Crippen LogP contribution < -0.4 is 10.4 Å². The molecule has 2 aromatic rings. The van der Waals surface area contributed by atoms with Gasteiger partial charge in [-0.05, 0) is 47.3 Å². The molecule has 33 heavy (non-hydrogen) atoms. The molecule has 2 aromatic carbocycles. The van der Waals surface area contributed by atoms with Gasteiger partial charge < -0.3 is 14.4 Å². The van der Waals surface area contributed by atoms with Gasteiger partial charge in [0.15, 0.2) is 0 Å². The summed E-state index contributed by atoms with van der Waals surface area (Å²) in [4.78, 5) is 2.11. The quantitative estimate of drug-likeness (QED) is 0.581. The lowest BCUT2D eigenvalue weighted by Crippen LogP contribution is -2.67. The Bertz CT molecular complexity index is 871. The van der Waals surface area contributed by atoms with Crippen molar-refractivity contribution in [1.29, 1.82) is 0 Å². The van der Waals surface area contributed by atoms with Gasteiger partial charge in [0.05, 0.1) is 12.0 Å². The Morgan fingerprint density at radius 1 is 0.970 bits per heavy atom. The van der Waals surface area contributed by atoms with E-state index in [2.05, 4.69) is 86.3 Å². The van der Waals surface area contributed by atoms with Crippen LogP contribution in [0.25, 0.3) is 0 Å². The first-order valence-electron chi connectivity index (χ1n) is 12.1. The van der Waals surface area contributed by atoms with Crippen molar-refractivity contribution in [2.45, 2.75) is 51.0 Å². The lowest BCUT2D eigenvalue weighted by atomic mass is 9.96. The number of aliphatic hydroxyl groups is 1. The molecular weight excluding hydrogens is 436 g/mol. The molecule has 0 aromatic heterocycles. The first-order chi connectivity index (χ1) is 15.6. The molecule has 0 spiro atoms. The summed E-state index contributed by atoms with van der Waals surface area (Å²) in [6, 6.07) is 21.3. The Kier molecular flexibility index (Phi) is 6.85. The van der Waals surface area contributed by atoms with Gasteiger partial charge in [0.2, 0.25) is 0 Å². The second-order valence-electron chi connectivity index (χ2n) is 11.0. The highest BCUT2D eigenvalue weighted by Crippen LogP contribution is 2.60. The Morgan fingerprint density at radius 2 is 1.45 bits per heavy atom. The van der Waals surface area contributed by atoms with E-state index in [1.165, 1.54) is 10.4 Å². The molecule has 180 valence electrons. The number of benzene rings is 2. The summed E-state index contributed by atoms with van der Waals surface area (Å²) in [5.41, 5.74) is -1.22. The van der Waals surface area contributed by atoms with Crippen molar-refractivity contribution in [1.82, 2.24) is 4.90 Å². The van der Waals surface area contributed by atoms with Gasteiger partial charge in [-0.15, -0.1) is 0 Å².